The van der Waals surface area contributed by atoms with E-state index >= 15 is 0 Å². The third-order valence-corrected chi connectivity index (χ3v) is 2.39. The predicted molar refractivity (Wildman–Crippen MR) is 66.2 cm³/mol. The third-order valence-electron chi connectivity index (χ3n) is 2.39. The number of benzene rings is 1. The number of hydrogen-bond acceptors (Lipinski definition) is 3. The highest BCUT2D eigenvalue weighted by atomic mass is 35.5. The number of nitrogen functional groups attached to an aromatic ring is 1. The van der Waals surface area contributed by atoms with Gasteiger partial charge < -0.3 is 5.43 Å². The first-order valence-electron chi connectivity index (χ1n) is 4.70. The molecule has 2 aromatic rings. The van der Waals surface area contributed by atoms with Crippen molar-refractivity contribution in [3.63, 3.8) is 0 Å². The maximum Gasteiger partial charge on any atom is 0.0755 e. The van der Waals surface area contributed by atoms with Gasteiger partial charge in [0, 0.05) is 11.6 Å². The average Bonchev–Trinajstić information content (AvgIpc) is 2.27. The fourth-order valence-electron chi connectivity index (χ4n) is 1.65. The average molecular weight is 224 g/mol. The van der Waals surface area contributed by atoms with Crippen molar-refractivity contribution in [2.45, 2.75) is 13.3 Å². The van der Waals surface area contributed by atoms with E-state index in [0.29, 0.717) is 0 Å². The van der Waals surface area contributed by atoms with Crippen molar-refractivity contribution in [2.75, 3.05) is 5.43 Å². The van der Waals surface area contributed by atoms with E-state index in [1.165, 1.54) is 5.56 Å². The second kappa shape index (κ2) is 4.96. The number of pyridine rings is 1. The minimum Gasteiger partial charge on any atom is -0.323 e. The number of rotatable bonds is 2. The molecule has 0 saturated heterocycles. The first kappa shape index (κ1) is 11.8. The largest absolute Gasteiger partial charge is 0.323 e. The van der Waals surface area contributed by atoms with Crippen molar-refractivity contribution in [3.8, 4) is 0 Å². The minimum atomic E-state index is 0. The van der Waals surface area contributed by atoms with Crippen LogP contribution in [0.5, 0.6) is 0 Å². The van der Waals surface area contributed by atoms with Gasteiger partial charge in [-0.05, 0) is 18.1 Å². The molecular weight excluding hydrogens is 210 g/mol. The van der Waals surface area contributed by atoms with Gasteiger partial charge in [-0.25, -0.2) is 0 Å². The number of halogens is 1. The molecule has 15 heavy (non-hydrogen) atoms. The van der Waals surface area contributed by atoms with Crippen LogP contribution in [-0.2, 0) is 6.42 Å². The molecule has 0 aliphatic carbocycles. The Morgan fingerprint density at radius 1 is 1.33 bits per heavy atom. The lowest BCUT2D eigenvalue weighted by atomic mass is 10.1. The fraction of sp³-hybridized carbons (Fsp3) is 0.182. The van der Waals surface area contributed by atoms with Gasteiger partial charge in [0.1, 0.15) is 0 Å². The molecule has 1 aromatic heterocycles. The number of nitrogens with one attached hydrogen (secondary N) is 1. The van der Waals surface area contributed by atoms with Gasteiger partial charge in [-0.3, -0.25) is 10.8 Å². The Labute approximate surface area is 95.1 Å². The number of nitrogens with zero attached hydrogens (tertiary/aromatic N) is 1. The Morgan fingerprint density at radius 2 is 2.13 bits per heavy atom. The van der Waals surface area contributed by atoms with Crippen molar-refractivity contribution < 1.29 is 0 Å². The molecule has 0 fully saturated rings. The second-order valence-electron chi connectivity index (χ2n) is 3.17. The molecular formula is C11H14ClN3. The Morgan fingerprint density at radius 3 is 2.80 bits per heavy atom. The zero-order valence-electron chi connectivity index (χ0n) is 8.53. The number of hydrazine groups is 1. The predicted octanol–water partition coefficient (Wildman–Crippen LogP) is 2.50. The van der Waals surface area contributed by atoms with Crippen LogP contribution in [0.1, 0.15) is 12.5 Å². The number of aromatic nitrogens is 1. The Hall–Kier alpha value is -1.32. The van der Waals surface area contributed by atoms with Crippen LogP contribution >= 0.6 is 12.4 Å². The first-order chi connectivity index (χ1) is 6.86. The Bertz CT molecular complexity index is 413. The van der Waals surface area contributed by atoms with Crippen LogP contribution in [0, 0.1) is 0 Å². The summed E-state index contributed by atoms with van der Waals surface area (Å²) in [6.45, 7) is 2.12. The fourth-order valence-corrected chi connectivity index (χ4v) is 1.65. The number of fused-ring (bicyclic) bond motifs is 1. The molecule has 3 N–H and O–H groups in total. The van der Waals surface area contributed by atoms with Gasteiger partial charge in [-0.15, -0.1) is 12.4 Å². The van der Waals surface area contributed by atoms with Crippen LogP contribution in [0.15, 0.2) is 30.5 Å². The maximum absolute atomic E-state index is 5.43. The van der Waals surface area contributed by atoms with Crippen molar-refractivity contribution >= 4 is 29.0 Å². The van der Waals surface area contributed by atoms with Gasteiger partial charge in [0.2, 0.25) is 0 Å². The Balaban J connectivity index is 0.00000112. The highest BCUT2D eigenvalue weighted by Gasteiger charge is 2.03. The topological polar surface area (TPSA) is 50.9 Å². The molecule has 0 saturated carbocycles. The van der Waals surface area contributed by atoms with Crippen LogP contribution in [-0.4, -0.2) is 4.98 Å². The summed E-state index contributed by atoms with van der Waals surface area (Å²) in [5.74, 6) is 5.43. The van der Waals surface area contributed by atoms with Crippen LogP contribution < -0.4 is 11.3 Å². The van der Waals surface area contributed by atoms with Crippen LogP contribution in [0.3, 0.4) is 0 Å². The van der Waals surface area contributed by atoms with E-state index in [4.69, 9.17) is 5.84 Å². The van der Waals surface area contributed by atoms with Gasteiger partial charge in [-0.1, -0.05) is 25.1 Å². The molecule has 0 unspecified atom stereocenters. The van der Waals surface area contributed by atoms with Crippen molar-refractivity contribution in [2.24, 2.45) is 5.84 Å². The molecule has 0 aliphatic rings. The zero-order valence-corrected chi connectivity index (χ0v) is 9.34. The molecule has 80 valence electrons. The maximum atomic E-state index is 5.43. The summed E-state index contributed by atoms with van der Waals surface area (Å²) in [5, 5.41) is 1.08. The minimum absolute atomic E-state index is 0. The number of nitrogens with two attached hydrogens (primary N) is 1. The van der Waals surface area contributed by atoms with Crippen LogP contribution in [0.4, 0.5) is 5.69 Å². The summed E-state index contributed by atoms with van der Waals surface area (Å²) in [4.78, 5) is 4.37. The molecule has 3 nitrogen and oxygen atoms in total. The molecule has 0 atom stereocenters. The van der Waals surface area contributed by atoms with Crippen molar-refractivity contribution in [1.29, 1.82) is 0 Å². The highest BCUT2D eigenvalue weighted by molar-refractivity contribution is 5.92. The number of anilines is 1. The van der Waals surface area contributed by atoms with Crippen molar-refractivity contribution in [1.82, 2.24) is 4.98 Å². The smallest absolute Gasteiger partial charge is 0.0755 e. The number of para-hydroxylation sites is 1. The van der Waals surface area contributed by atoms with Gasteiger partial charge >= 0.3 is 0 Å². The van der Waals surface area contributed by atoms with E-state index in [-0.39, 0.29) is 12.4 Å². The first-order valence-corrected chi connectivity index (χ1v) is 4.70. The summed E-state index contributed by atoms with van der Waals surface area (Å²) in [6, 6.07) is 8.03. The molecule has 0 amide bonds. The quantitative estimate of drug-likeness (QED) is 0.608. The molecule has 0 aliphatic heterocycles. The number of hydrogen-bond donors (Lipinski definition) is 2. The van der Waals surface area contributed by atoms with Crippen LogP contribution in [0.25, 0.3) is 10.9 Å². The van der Waals surface area contributed by atoms with Gasteiger partial charge in [-0.2, -0.15) is 0 Å². The SMILES string of the molecule is CCc1cccc2c(NN)ccnc12.Cl. The summed E-state index contributed by atoms with van der Waals surface area (Å²) < 4.78 is 0. The van der Waals surface area contributed by atoms with Crippen molar-refractivity contribution in [3.05, 3.63) is 36.0 Å². The van der Waals surface area contributed by atoms with E-state index in [1.54, 1.807) is 6.20 Å². The van der Waals surface area contributed by atoms with Gasteiger partial charge in [0.05, 0.1) is 11.2 Å². The number of aryl methyl sites for hydroxylation is 1. The lowest BCUT2D eigenvalue weighted by Crippen LogP contribution is -2.07. The lowest BCUT2D eigenvalue weighted by Gasteiger charge is -2.07. The standard InChI is InChI=1S/C11H13N3.ClH/c1-2-8-4-3-5-9-10(14-12)6-7-13-11(8)9;/h3-7H,2,12H2,1H3,(H,13,14);1H. The van der Waals surface area contributed by atoms with Gasteiger partial charge in [0.15, 0.2) is 0 Å². The summed E-state index contributed by atoms with van der Waals surface area (Å²) >= 11 is 0. The Kier molecular flexibility index (Phi) is 3.88. The highest BCUT2D eigenvalue weighted by Crippen LogP contribution is 2.23. The van der Waals surface area contributed by atoms with Gasteiger partial charge in [0.25, 0.3) is 0 Å². The molecule has 0 radical (unpaired) electrons. The van der Waals surface area contributed by atoms with Crippen LogP contribution in [0.2, 0.25) is 0 Å². The summed E-state index contributed by atoms with van der Waals surface area (Å²) in [5.41, 5.74) is 5.89. The molecule has 0 spiro atoms. The second-order valence-corrected chi connectivity index (χ2v) is 3.17. The molecule has 2 rings (SSSR count). The van der Waals surface area contributed by atoms with E-state index in [0.717, 1.165) is 23.0 Å². The molecule has 1 aromatic carbocycles. The normalized spacial score (nSPS) is 9.73. The van der Waals surface area contributed by atoms with E-state index in [9.17, 15) is 0 Å². The zero-order chi connectivity index (χ0) is 9.97. The van der Waals surface area contributed by atoms with E-state index in [1.807, 2.05) is 18.2 Å². The lowest BCUT2D eigenvalue weighted by molar-refractivity contribution is 1.14. The summed E-state index contributed by atoms with van der Waals surface area (Å²) in [6.07, 6.45) is 2.76. The molecule has 0 bridgehead atoms. The van der Waals surface area contributed by atoms with E-state index < -0.39 is 0 Å². The molecule has 4 heteroatoms. The molecule has 1 heterocycles. The summed E-state index contributed by atoms with van der Waals surface area (Å²) in [7, 11) is 0. The third kappa shape index (κ3) is 2.03. The van der Waals surface area contributed by atoms with E-state index in [2.05, 4.69) is 23.4 Å². The monoisotopic (exact) mass is 223 g/mol.